The molecule has 1 nitrogen and oxygen atoms in total. The van der Waals surface area contributed by atoms with E-state index in [2.05, 4.69) is 31.1 Å². The van der Waals surface area contributed by atoms with Gasteiger partial charge in [0.15, 0.2) is 0 Å². The molecule has 0 atom stereocenters. The minimum Gasteiger partial charge on any atom is -0.326 e. The molecule has 0 saturated carbocycles. The van der Waals surface area contributed by atoms with Crippen LogP contribution in [0.15, 0.2) is 18.8 Å². The topological polar surface area (TPSA) is 4.93 Å². The molecular weight excluding hydrogens is 122 g/mol. The van der Waals surface area contributed by atoms with Crippen LogP contribution in [-0.4, -0.2) is 4.57 Å². The molecule has 10 heavy (non-hydrogen) atoms. The highest BCUT2D eigenvalue weighted by atomic mass is 15.0. The standard InChI is InChI=1S/C9H13N/c1-7(2)10-6-5-8(3)9(10)4/h5-6H,1H2,2-4H3. The van der Waals surface area contributed by atoms with Crippen LogP contribution in [0, 0.1) is 13.8 Å². The van der Waals surface area contributed by atoms with Crippen LogP contribution < -0.4 is 0 Å². The lowest BCUT2D eigenvalue weighted by Gasteiger charge is -2.03. The van der Waals surface area contributed by atoms with Crippen molar-refractivity contribution in [3.8, 4) is 0 Å². The minimum absolute atomic E-state index is 1.07. The molecule has 1 rings (SSSR count). The number of aromatic nitrogens is 1. The molecule has 1 aromatic heterocycles. The Morgan fingerprint density at radius 2 is 2.10 bits per heavy atom. The molecule has 0 unspecified atom stereocenters. The van der Waals surface area contributed by atoms with Crippen molar-refractivity contribution in [2.75, 3.05) is 0 Å². The van der Waals surface area contributed by atoms with Crippen LogP contribution in [0.3, 0.4) is 0 Å². The van der Waals surface area contributed by atoms with Gasteiger partial charge in [-0.1, -0.05) is 6.58 Å². The lowest BCUT2D eigenvalue weighted by atomic mass is 10.3. The van der Waals surface area contributed by atoms with Crippen LogP contribution in [0.5, 0.6) is 0 Å². The summed E-state index contributed by atoms with van der Waals surface area (Å²) in [6.45, 7) is 10.1. The fraction of sp³-hybridized carbons (Fsp3) is 0.333. The summed E-state index contributed by atoms with van der Waals surface area (Å²) in [6.07, 6.45) is 2.05. The molecule has 0 aliphatic rings. The molecule has 54 valence electrons. The van der Waals surface area contributed by atoms with E-state index in [1.807, 2.05) is 13.1 Å². The van der Waals surface area contributed by atoms with E-state index in [9.17, 15) is 0 Å². The lowest BCUT2D eigenvalue weighted by molar-refractivity contribution is 1.03. The maximum atomic E-state index is 3.86. The van der Waals surface area contributed by atoms with Crippen LogP contribution in [0.2, 0.25) is 0 Å². The van der Waals surface area contributed by atoms with Crippen molar-refractivity contribution in [3.63, 3.8) is 0 Å². The van der Waals surface area contributed by atoms with Gasteiger partial charge in [0.1, 0.15) is 0 Å². The molecule has 0 aliphatic heterocycles. The molecule has 0 fully saturated rings. The van der Waals surface area contributed by atoms with Gasteiger partial charge in [0.05, 0.1) is 0 Å². The Morgan fingerprint density at radius 3 is 2.30 bits per heavy atom. The highest BCUT2D eigenvalue weighted by Gasteiger charge is 1.98. The van der Waals surface area contributed by atoms with Gasteiger partial charge >= 0.3 is 0 Å². The van der Waals surface area contributed by atoms with Gasteiger partial charge in [-0.15, -0.1) is 0 Å². The fourth-order valence-electron chi connectivity index (χ4n) is 1.02. The highest BCUT2D eigenvalue weighted by molar-refractivity contribution is 5.42. The largest absolute Gasteiger partial charge is 0.326 e. The molecule has 1 heterocycles. The summed E-state index contributed by atoms with van der Waals surface area (Å²) in [7, 11) is 0. The second-order valence-corrected chi connectivity index (χ2v) is 2.69. The summed E-state index contributed by atoms with van der Waals surface area (Å²) in [5, 5.41) is 0. The number of hydrogen-bond donors (Lipinski definition) is 0. The van der Waals surface area contributed by atoms with Crippen molar-refractivity contribution in [2.24, 2.45) is 0 Å². The highest BCUT2D eigenvalue weighted by Crippen LogP contribution is 2.11. The van der Waals surface area contributed by atoms with Crippen molar-refractivity contribution in [3.05, 3.63) is 30.1 Å². The van der Waals surface area contributed by atoms with Crippen LogP contribution in [0.1, 0.15) is 18.2 Å². The van der Waals surface area contributed by atoms with E-state index >= 15 is 0 Å². The number of allylic oxidation sites excluding steroid dienone is 1. The van der Waals surface area contributed by atoms with E-state index < -0.39 is 0 Å². The lowest BCUT2D eigenvalue weighted by Crippen LogP contribution is -1.92. The Kier molecular flexibility index (Phi) is 1.66. The van der Waals surface area contributed by atoms with Crippen LogP contribution >= 0.6 is 0 Å². The van der Waals surface area contributed by atoms with Gasteiger partial charge in [0, 0.05) is 17.6 Å². The second kappa shape index (κ2) is 2.33. The third-order valence-corrected chi connectivity index (χ3v) is 1.82. The molecule has 0 saturated heterocycles. The molecule has 0 amide bonds. The molecule has 1 aromatic rings. The summed E-state index contributed by atoms with van der Waals surface area (Å²) in [6, 6.07) is 2.10. The maximum absolute atomic E-state index is 3.86. The van der Waals surface area contributed by atoms with E-state index in [-0.39, 0.29) is 0 Å². The zero-order valence-corrected chi connectivity index (χ0v) is 6.81. The van der Waals surface area contributed by atoms with Crippen molar-refractivity contribution >= 4 is 5.70 Å². The Bertz CT molecular complexity index is 256. The van der Waals surface area contributed by atoms with Crippen LogP contribution in [0.4, 0.5) is 0 Å². The SMILES string of the molecule is C=C(C)n1ccc(C)c1C. The first kappa shape index (κ1) is 7.13. The third-order valence-electron chi connectivity index (χ3n) is 1.82. The van der Waals surface area contributed by atoms with Crippen LogP contribution in [-0.2, 0) is 0 Å². The molecule has 0 N–H and O–H groups in total. The predicted octanol–water partition coefficient (Wildman–Crippen LogP) is 2.60. The maximum Gasteiger partial charge on any atom is 0.0221 e. The molecular formula is C9H13N. The van der Waals surface area contributed by atoms with Gasteiger partial charge in [0.2, 0.25) is 0 Å². The summed E-state index contributed by atoms with van der Waals surface area (Å²) in [4.78, 5) is 0. The Hall–Kier alpha value is -0.980. The monoisotopic (exact) mass is 135 g/mol. The molecule has 1 heteroatoms. The first-order chi connectivity index (χ1) is 4.63. The van der Waals surface area contributed by atoms with Gasteiger partial charge in [-0.2, -0.15) is 0 Å². The average molecular weight is 135 g/mol. The minimum atomic E-state index is 1.07. The number of aryl methyl sites for hydroxylation is 1. The molecule has 0 radical (unpaired) electrons. The fourth-order valence-corrected chi connectivity index (χ4v) is 1.02. The van der Waals surface area contributed by atoms with Gasteiger partial charge in [-0.25, -0.2) is 0 Å². The predicted molar refractivity (Wildman–Crippen MR) is 44.9 cm³/mol. The normalized spacial score (nSPS) is 9.90. The smallest absolute Gasteiger partial charge is 0.0221 e. The van der Waals surface area contributed by atoms with Gasteiger partial charge < -0.3 is 4.57 Å². The van der Waals surface area contributed by atoms with Crippen molar-refractivity contribution < 1.29 is 0 Å². The zero-order chi connectivity index (χ0) is 7.72. The molecule has 0 spiro atoms. The van der Waals surface area contributed by atoms with Crippen molar-refractivity contribution in [1.82, 2.24) is 4.57 Å². The third kappa shape index (κ3) is 0.991. The van der Waals surface area contributed by atoms with Crippen molar-refractivity contribution in [2.45, 2.75) is 20.8 Å². The Labute approximate surface area is 62.0 Å². The summed E-state index contributed by atoms with van der Waals surface area (Å²) < 4.78 is 2.09. The van der Waals surface area contributed by atoms with Crippen molar-refractivity contribution in [1.29, 1.82) is 0 Å². The summed E-state index contributed by atoms with van der Waals surface area (Å²) in [5.74, 6) is 0. The Morgan fingerprint density at radius 1 is 1.50 bits per heavy atom. The van der Waals surface area contributed by atoms with Gasteiger partial charge in [-0.3, -0.25) is 0 Å². The van der Waals surface area contributed by atoms with E-state index in [1.54, 1.807) is 0 Å². The second-order valence-electron chi connectivity index (χ2n) is 2.69. The van der Waals surface area contributed by atoms with E-state index in [1.165, 1.54) is 11.3 Å². The zero-order valence-electron chi connectivity index (χ0n) is 6.81. The van der Waals surface area contributed by atoms with Gasteiger partial charge in [-0.05, 0) is 32.4 Å². The quantitative estimate of drug-likeness (QED) is 0.557. The average Bonchev–Trinajstić information content (AvgIpc) is 2.14. The molecule has 0 aromatic carbocycles. The van der Waals surface area contributed by atoms with E-state index in [0.717, 1.165) is 5.70 Å². The number of rotatable bonds is 1. The molecule has 0 bridgehead atoms. The summed E-state index contributed by atoms with van der Waals surface area (Å²) in [5.41, 5.74) is 3.68. The van der Waals surface area contributed by atoms with E-state index in [0.29, 0.717) is 0 Å². The first-order valence-corrected chi connectivity index (χ1v) is 3.43. The Balaban J connectivity index is 3.17. The van der Waals surface area contributed by atoms with Gasteiger partial charge in [0.25, 0.3) is 0 Å². The summed E-state index contributed by atoms with van der Waals surface area (Å²) >= 11 is 0. The van der Waals surface area contributed by atoms with Crippen LogP contribution in [0.25, 0.3) is 5.70 Å². The number of hydrogen-bond acceptors (Lipinski definition) is 0. The number of nitrogens with zero attached hydrogens (tertiary/aromatic N) is 1. The first-order valence-electron chi connectivity index (χ1n) is 3.43. The van der Waals surface area contributed by atoms with E-state index in [4.69, 9.17) is 0 Å². The molecule has 0 aliphatic carbocycles.